The maximum Gasteiger partial charge on any atom is 0.393 e. The van der Waals surface area contributed by atoms with Crippen molar-refractivity contribution in [3.05, 3.63) is 18.0 Å². The molecule has 2 unspecified atom stereocenters. The number of nitrogens with zero attached hydrogens (tertiary/aromatic N) is 2. The van der Waals surface area contributed by atoms with Crippen LogP contribution in [-0.2, 0) is 6.42 Å². The number of hydrogen-bond acceptors (Lipinski definition) is 2. The van der Waals surface area contributed by atoms with Crippen LogP contribution in [0.15, 0.2) is 12.3 Å². The lowest BCUT2D eigenvalue weighted by molar-refractivity contribution is -0.179. The Hall–Kier alpha value is -1.04. The molecule has 1 aromatic heterocycles. The first kappa shape index (κ1) is 14.4. The normalized spacial score (nSPS) is 24.9. The van der Waals surface area contributed by atoms with E-state index < -0.39 is 12.1 Å². The van der Waals surface area contributed by atoms with Crippen molar-refractivity contribution in [3.63, 3.8) is 0 Å². The van der Waals surface area contributed by atoms with Crippen LogP contribution in [-0.4, -0.2) is 28.5 Å². The van der Waals surface area contributed by atoms with Gasteiger partial charge in [0.25, 0.3) is 0 Å². The van der Waals surface area contributed by atoms with Gasteiger partial charge in [-0.25, -0.2) is 0 Å². The third-order valence-electron chi connectivity index (χ3n) is 3.63. The molecule has 0 amide bonds. The number of hydrogen-bond donors (Lipinski definition) is 1. The molecule has 1 fully saturated rings. The third-order valence-corrected chi connectivity index (χ3v) is 3.63. The van der Waals surface area contributed by atoms with Crippen LogP contribution in [0.5, 0.6) is 0 Å². The predicted molar refractivity (Wildman–Crippen MR) is 66.9 cm³/mol. The predicted octanol–water partition coefficient (Wildman–Crippen LogP) is 2.94. The molecule has 6 heteroatoms. The van der Waals surface area contributed by atoms with Gasteiger partial charge in [0.15, 0.2) is 0 Å². The van der Waals surface area contributed by atoms with Crippen molar-refractivity contribution in [2.45, 2.75) is 51.4 Å². The first-order valence-corrected chi connectivity index (χ1v) is 6.70. The van der Waals surface area contributed by atoms with Gasteiger partial charge in [-0.2, -0.15) is 18.3 Å². The van der Waals surface area contributed by atoms with Gasteiger partial charge in [0.05, 0.1) is 11.6 Å². The molecule has 2 rings (SSSR count). The molecule has 0 aliphatic carbocycles. The summed E-state index contributed by atoms with van der Waals surface area (Å²) in [5.41, 5.74) is 0.941. The average Bonchev–Trinajstić information content (AvgIpc) is 2.77. The standard InChI is InChI=1S/C13H20F3N3/c1-9(2)19-6-5-12(18-19)7-11-4-3-10(8-17-11)13(14,15)16/h5-6,9-11,17H,3-4,7-8H2,1-2H3. The highest BCUT2D eigenvalue weighted by Crippen LogP contribution is 2.32. The summed E-state index contributed by atoms with van der Waals surface area (Å²) < 4.78 is 39.5. The zero-order valence-electron chi connectivity index (χ0n) is 11.2. The van der Waals surface area contributed by atoms with Gasteiger partial charge < -0.3 is 5.32 Å². The Balaban J connectivity index is 1.85. The van der Waals surface area contributed by atoms with E-state index in [-0.39, 0.29) is 19.0 Å². The largest absolute Gasteiger partial charge is 0.393 e. The fourth-order valence-electron chi connectivity index (χ4n) is 2.40. The van der Waals surface area contributed by atoms with E-state index in [0.29, 0.717) is 18.9 Å². The smallest absolute Gasteiger partial charge is 0.313 e. The molecule has 0 saturated carbocycles. The van der Waals surface area contributed by atoms with Crippen molar-refractivity contribution in [2.75, 3.05) is 6.54 Å². The minimum Gasteiger partial charge on any atom is -0.313 e. The van der Waals surface area contributed by atoms with Crippen LogP contribution in [0.25, 0.3) is 0 Å². The second-order valence-electron chi connectivity index (χ2n) is 5.51. The maximum atomic E-state index is 12.5. The van der Waals surface area contributed by atoms with E-state index in [9.17, 15) is 13.2 Å². The zero-order chi connectivity index (χ0) is 14.0. The SMILES string of the molecule is CC(C)n1ccc(CC2CCC(C(F)(F)F)CN2)n1. The van der Waals surface area contributed by atoms with E-state index in [1.807, 2.05) is 30.8 Å². The summed E-state index contributed by atoms with van der Waals surface area (Å²) in [6, 6.07) is 2.36. The highest BCUT2D eigenvalue weighted by molar-refractivity contribution is 5.03. The van der Waals surface area contributed by atoms with Crippen LogP contribution in [0, 0.1) is 5.92 Å². The summed E-state index contributed by atoms with van der Waals surface area (Å²) in [6.45, 7) is 4.12. The molecule has 2 atom stereocenters. The highest BCUT2D eigenvalue weighted by Gasteiger charge is 2.41. The average molecular weight is 275 g/mol. The van der Waals surface area contributed by atoms with Gasteiger partial charge in [-0.15, -0.1) is 0 Å². The van der Waals surface area contributed by atoms with Crippen LogP contribution in [0.2, 0.25) is 0 Å². The summed E-state index contributed by atoms with van der Waals surface area (Å²) in [5.74, 6) is -1.20. The molecule has 1 N–H and O–H groups in total. The lowest BCUT2D eigenvalue weighted by Crippen LogP contribution is -2.45. The Bertz CT molecular complexity index is 404. The van der Waals surface area contributed by atoms with E-state index in [2.05, 4.69) is 10.4 Å². The fourth-order valence-corrected chi connectivity index (χ4v) is 2.40. The molecule has 0 radical (unpaired) electrons. The van der Waals surface area contributed by atoms with Gasteiger partial charge in [0, 0.05) is 31.2 Å². The van der Waals surface area contributed by atoms with Gasteiger partial charge in [-0.3, -0.25) is 4.68 Å². The van der Waals surface area contributed by atoms with Crippen LogP contribution in [0.1, 0.15) is 38.4 Å². The number of aromatic nitrogens is 2. The monoisotopic (exact) mass is 275 g/mol. The molecule has 1 aromatic rings. The van der Waals surface area contributed by atoms with Gasteiger partial charge >= 0.3 is 6.18 Å². The molecule has 3 nitrogen and oxygen atoms in total. The van der Waals surface area contributed by atoms with E-state index >= 15 is 0 Å². The van der Waals surface area contributed by atoms with Crippen molar-refractivity contribution in [1.29, 1.82) is 0 Å². The molecular formula is C13H20F3N3. The first-order valence-electron chi connectivity index (χ1n) is 6.70. The lowest BCUT2D eigenvalue weighted by atomic mass is 9.92. The summed E-state index contributed by atoms with van der Waals surface area (Å²) in [4.78, 5) is 0. The lowest BCUT2D eigenvalue weighted by Gasteiger charge is -2.30. The minimum absolute atomic E-state index is 0.0268. The number of piperidine rings is 1. The molecule has 2 heterocycles. The van der Waals surface area contributed by atoms with Gasteiger partial charge in [0.1, 0.15) is 0 Å². The summed E-state index contributed by atoms with van der Waals surface area (Å²) in [7, 11) is 0. The quantitative estimate of drug-likeness (QED) is 0.919. The van der Waals surface area contributed by atoms with Gasteiger partial charge in [-0.05, 0) is 32.8 Å². The molecule has 0 aromatic carbocycles. The molecule has 1 aliphatic rings. The second-order valence-corrected chi connectivity index (χ2v) is 5.51. The van der Waals surface area contributed by atoms with Crippen LogP contribution in [0.4, 0.5) is 13.2 Å². The Kier molecular flexibility index (Phi) is 4.18. The fraction of sp³-hybridized carbons (Fsp3) is 0.769. The van der Waals surface area contributed by atoms with Crippen molar-refractivity contribution < 1.29 is 13.2 Å². The third kappa shape index (κ3) is 3.72. The second kappa shape index (κ2) is 5.53. The van der Waals surface area contributed by atoms with E-state index in [4.69, 9.17) is 0 Å². The summed E-state index contributed by atoms with van der Waals surface area (Å²) in [6.07, 6.45) is -0.687. The number of rotatable bonds is 3. The maximum absolute atomic E-state index is 12.5. The van der Waals surface area contributed by atoms with E-state index in [1.165, 1.54) is 0 Å². The molecule has 0 bridgehead atoms. The number of halogens is 3. The van der Waals surface area contributed by atoms with Gasteiger partial charge in [0.2, 0.25) is 0 Å². The Morgan fingerprint density at radius 2 is 2.16 bits per heavy atom. The highest BCUT2D eigenvalue weighted by atomic mass is 19.4. The Morgan fingerprint density at radius 3 is 2.63 bits per heavy atom. The van der Waals surface area contributed by atoms with Crippen molar-refractivity contribution in [3.8, 4) is 0 Å². The number of alkyl halides is 3. The molecule has 108 valence electrons. The van der Waals surface area contributed by atoms with Crippen molar-refractivity contribution in [1.82, 2.24) is 15.1 Å². The van der Waals surface area contributed by atoms with E-state index in [0.717, 1.165) is 5.69 Å². The first-order chi connectivity index (χ1) is 8.86. The summed E-state index contributed by atoms with van der Waals surface area (Å²) >= 11 is 0. The van der Waals surface area contributed by atoms with Crippen molar-refractivity contribution in [2.24, 2.45) is 5.92 Å². The molecule has 1 aliphatic heterocycles. The Labute approximate surface area is 111 Å². The van der Waals surface area contributed by atoms with Crippen LogP contribution >= 0.6 is 0 Å². The summed E-state index contributed by atoms with van der Waals surface area (Å²) in [5, 5.41) is 7.42. The molecule has 19 heavy (non-hydrogen) atoms. The van der Waals surface area contributed by atoms with Gasteiger partial charge in [-0.1, -0.05) is 0 Å². The van der Waals surface area contributed by atoms with Crippen molar-refractivity contribution >= 4 is 0 Å². The van der Waals surface area contributed by atoms with Crippen LogP contribution in [0.3, 0.4) is 0 Å². The molecule has 1 saturated heterocycles. The Morgan fingerprint density at radius 1 is 1.42 bits per heavy atom. The number of nitrogens with one attached hydrogen (secondary N) is 1. The molecule has 0 spiro atoms. The zero-order valence-corrected chi connectivity index (χ0v) is 11.2. The topological polar surface area (TPSA) is 29.9 Å². The van der Waals surface area contributed by atoms with Crippen LogP contribution < -0.4 is 5.32 Å². The minimum atomic E-state index is -4.07. The molecular weight excluding hydrogens is 255 g/mol. The van der Waals surface area contributed by atoms with E-state index in [1.54, 1.807) is 0 Å².